The Morgan fingerprint density at radius 1 is 1.09 bits per heavy atom. The van der Waals surface area contributed by atoms with Crippen LogP contribution in [0.1, 0.15) is 96.1 Å². The Morgan fingerprint density at radius 2 is 1.86 bits per heavy atom. The molecule has 4 heterocycles. The van der Waals surface area contributed by atoms with Gasteiger partial charge < -0.3 is 29.0 Å². The highest BCUT2D eigenvalue weighted by atomic mass is 19.4. The number of hydrogen-bond acceptors (Lipinski definition) is 9. The van der Waals surface area contributed by atoms with Gasteiger partial charge in [0, 0.05) is 61.4 Å². The number of nitrogens with zero attached hydrogens (tertiary/aromatic N) is 4. The molecule has 3 atom stereocenters. The van der Waals surface area contributed by atoms with Gasteiger partial charge in [-0.3, -0.25) is 19.6 Å². The molecule has 0 saturated carbocycles. The maximum atomic E-state index is 14.5. The van der Waals surface area contributed by atoms with Crippen LogP contribution in [0.4, 0.5) is 18.0 Å². The van der Waals surface area contributed by atoms with Gasteiger partial charge in [0.25, 0.3) is 12.4 Å². The second-order valence-corrected chi connectivity index (χ2v) is 16.8. The van der Waals surface area contributed by atoms with Gasteiger partial charge in [-0.2, -0.15) is 13.2 Å². The fourth-order valence-corrected chi connectivity index (χ4v) is 7.82. The molecule has 2 saturated heterocycles. The lowest BCUT2D eigenvalue weighted by Crippen LogP contribution is -2.59. The van der Waals surface area contributed by atoms with E-state index < -0.39 is 42.0 Å². The predicted molar refractivity (Wildman–Crippen MR) is 207 cm³/mol. The maximum Gasteiger partial charge on any atom is 0.408 e. The number of alkyl halides is 3. The zero-order valence-corrected chi connectivity index (χ0v) is 33.6. The first kappa shape index (κ1) is 42.9. The van der Waals surface area contributed by atoms with Gasteiger partial charge in [0.2, 0.25) is 0 Å². The van der Waals surface area contributed by atoms with Crippen molar-refractivity contribution in [3.05, 3.63) is 53.3 Å². The molecule has 1 aromatic carbocycles. The van der Waals surface area contributed by atoms with E-state index in [2.05, 4.69) is 20.6 Å². The zero-order valence-electron chi connectivity index (χ0n) is 33.6. The van der Waals surface area contributed by atoms with E-state index in [4.69, 9.17) is 14.2 Å². The van der Waals surface area contributed by atoms with E-state index in [1.807, 2.05) is 26.0 Å². The molecule has 2 aromatic heterocycles. The Bertz CT molecular complexity index is 1830. The molecule has 0 bridgehead atoms. The van der Waals surface area contributed by atoms with Gasteiger partial charge in [-0.05, 0) is 108 Å². The van der Waals surface area contributed by atoms with Crippen molar-refractivity contribution in [2.45, 2.75) is 110 Å². The first-order valence-corrected chi connectivity index (χ1v) is 19.4. The van der Waals surface area contributed by atoms with E-state index in [9.17, 15) is 27.6 Å². The third-order valence-electron chi connectivity index (χ3n) is 10.3. The SMILES string of the molecule is CO[C@@H](C)c1ncccc1-c1c(CC(C)(C)COC=O)c2cc([C@@H]3CCCN(CC(NC(=O)OC(C)(C)C)C(=O)N4CCCCN4)C3)ccc2n1CC(F)(F)F. The summed E-state index contributed by atoms with van der Waals surface area (Å²) in [7, 11) is 1.53. The molecule has 0 aliphatic carbocycles. The Kier molecular flexibility index (Phi) is 13.7. The minimum atomic E-state index is -4.53. The number of aromatic nitrogens is 2. The smallest absolute Gasteiger partial charge is 0.408 e. The summed E-state index contributed by atoms with van der Waals surface area (Å²) in [6.45, 7) is 12.9. The summed E-state index contributed by atoms with van der Waals surface area (Å²) in [4.78, 5) is 44.7. The number of piperidine rings is 1. The molecule has 308 valence electrons. The van der Waals surface area contributed by atoms with Crippen molar-refractivity contribution in [3.63, 3.8) is 0 Å². The van der Waals surface area contributed by atoms with Crippen LogP contribution in [0.25, 0.3) is 22.2 Å². The number of carbonyl (C=O) groups is 3. The summed E-state index contributed by atoms with van der Waals surface area (Å²) in [6.07, 6.45) is -0.344. The lowest BCUT2D eigenvalue weighted by atomic mass is 9.83. The number of methoxy groups -OCH3 is 1. The highest BCUT2D eigenvalue weighted by Crippen LogP contribution is 2.43. The molecule has 3 aromatic rings. The Morgan fingerprint density at radius 3 is 2.52 bits per heavy atom. The van der Waals surface area contributed by atoms with E-state index >= 15 is 0 Å². The summed E-state index contributed by atoms with van der Waals surface area (Å²) in [5, 5.41) is 5.08. The molecule has 2 amide bonds. The number of fused-ring (bicyclic) bond motifs is 1. The van der Waals surface area contributed by atoms with E-state index in [1.165, 1.54) is 11.7 Å². The molecule has 12 nitrogen and oxygen atoms in total. The Hall–Kier alpha value is -4.21. The van der Waals surface area contributed by atoms with Gasteiger partial charge in [0.15, 0.2) is 0 Å². The summed E-state index contributed by atoms with van der Waals surface area (Å²) in [6, 6.07) is 8.30. The highest BCUT2D eigenvalue weighted by molar-refractivity contribution is 5.93. The number of ether oxygens (including phenoxy) is 3. The molecule has 15 heteroatoms. The zero-order chi connectivity index (χ0) is 40.8. The molecular formula is C41H57F3N6O6. The number of halogens is 3. The summed E-state index contributed by atoms with van der Waals surface area (Å²) in [5.41, 5.74) is 5.29. The largest absolute Gasteiger partial charge is 0.467 e. The minimum Gasteiger partial charge on any atom is -0.467 e. The van der Waals surface area contributed by atoms with Crippen LogP contribution in [0.3, 0.4) is 0 Å². The van der Waals surface area contributed by atoms with Crippen molar-refractivity contribution in [1.29, 1.82) is 0 Å². The van der Waals surface area contributed by atoms with Gasteiger partial charge in [0.05, 0.1) is 24.1 Å². The van der Waals surface area contributed by atoms with Gasteiger partial charge in [-0.1, -0.05) is 19.9 Å². The number of alkyl carbamates (subject to hydrolysis) is 1. The van der Waals surface area contributed by atoms with Crippen molar-refractivity contribution in [3.8, 4) is 11.3 Å². The minimum absolute atomic E-state index is 0.00493. The third kappa shape index (κ3) is 11.0. The molecule has 5 rings (SSSR count). The summed E-state index contributed by atoms with van der Waals surface area (Å²) >= 11 is 0. The fourth-order valence-electron chi connectivity index (χ4n) is 7.82. The van der Waals surface area contributed by atoms with Crippen LogP contribution in [-0.2, 0) is 36.8 Å². The molecule has 56 heavy (non-hydrogen) atoms. The van der Waals surface area contributed by atoms with Crippen LogP contribution < -0.4 is 10.7 Å². The van der Waals surface area contributed by atoms with Crippen molar-refractivity contribution < 1.29 is 41.8 Å². The van der Waals surface area contributed by atoms with Crippen molar-refractivity contribution in [2.75, 3.05) is 46.4 Å². The first-order valence-electron chi connectivity index (χ1n) is 19.4. The average Bonchev–Trinajstić information content (AvgIpc) is 3.42. The van der Waals surface area contributed by atoms with Crippen LogP contribution in [0.5, 0.6) is 0 Å². The molecular weight excluding hydrogens is 729 g/mol. The lowest BCUT2D eigenvalue weighted by molar-refractivity contribution is -0.140. The number of hydrogen-bond donors (Lipinski definition) is 2. The molecule has 0 radical (unpaired) electrons. The Balaban J connectivity index is 1.55. The molecule has 2 fully saturated rings. The number of pyridine rings is 1. The first-order chi connectivity index (χ1) is 26.4. The van der Waals surface area contributed by atoms with Crippen LogP contribution in [0.2, 0.25) is 0 Å². The topological polar surface area (TPSA) is 127 Å². The number of carbonyl (C=O) groups excluding carboxylic acids is 3. The van der Waals surface area contributed by atoms with E-state index in [0.29, 0.717) is 72.5 Å². The van der Waals surface area contributed by atoms with Gasteiger partial charge in [0.1, 0.15) is 18.2 Å². The summed E-state index contributed by atoms with van der Waals surface area (Å²) in [5.74, 6) is -0.240. The van der Waals surface area contributed by atoms with Crippen molar-refractivity contribution in [1.82, 2.24) is 30.2 Å². The van der Waals surface area contributed by atoms with Crippen LogP contribution in [-0.4, -0.2) is 102 Å². The number of benzene rings is 1. The second kappa shape index (κ2) is 17.9. The fraction of sp³-hybridized carbons (Fsp3) is 0.610. The molecule has 2 aliphatic heterocycles. The van der Waals surface area contributed by atoms with E-state index in [0.717, 1.165) is 31.2 Å². The van der Waals surface area contributed by atoms with Crippen molar-refractivity contribution >= 4 is 29.4 Å². The molecule has 2 N–H and O–H groups in total. The quantitative estimate of drug-likeness (QED) is 0.168. The van der Waals surface area contributed by atoms with E-state index in [1.54, 1.807) is 57.1 Å². The van der Waals surface area contributed by atoms with Gasteiger partial charge in [-0.25, -0.2) is 10.2 Å². The van der Waals surface area contributed by atoms with Crippen LogP contribution in [0, 0.1) is 5.41 Å². The van der Waals surface area contributed by atoms with Crippen molar-refractivity contribution in [2.24, 2.45) is 5.41 Å². The standard InChI is InChI=1S/C41H57F3N6O6/c1-27(54-7)35-30(13-10-16-45-35)36-32(21-40(5,6)25-55-26-51)31-20-28(14-15-34(31)49(36)24-41(42,43)44)29-12-11-18-48(22-29)23-33(47-38(53)56-39(2,3)4)37(52)50-19-9-8-17-46-50/h10,13-16,20,26-27,29,33,46H,8-9,11-12,17-19,21-25H2,1-7H3,(H,47,53)/t27-,29+,33?/m0/s1. The number of amides is 2. The number of hydrazine groups is 1. The van der Waals surface area contributed by atoms with Gasteiger partial charge in [-0.15, -0.1) is 0 Å². The summed E-state index contributed by atoms with van der Waals surface area (Å²) < 4.78 is 61.1. The monoisotopic (exact) mass is 786 g/mol. The van der Waals surface area contributed by atoms with Gasteiger partial charge >= 0.3 is 12.3 Å². The van der Waals surface area contributed by atoms with Crippen LogP contribution >= 0.6 is 0 Å². The number of likely N-dealkylation sites (tertiary alicyclic amines) is 1. The maximum absolute atomic E-state index is 14.5. The Labute approximate surface area is 327 Å². The highest BCUT2D eigenvalue weighted by Gasteiger charge is 2.36. The molecule has 0 spiro atoms. The molecule has 1 unspecified atom stereocenters. The average molecular weight is 787 g/mol. The molecule has 2 aliphatic rings. The second-order valence-electron chi connectivity index (χ2n) is 16.8. The lowest BCUT2D eigenvalue weighted by Gasteiger charge is -2.37. The number of rotatable bonds is 14. The predicted octanol–water partition coefficient (Wildman–Crippen LogP) is 6.91. The van der Waals surface area contributed by atoms with E-state index in [-0.39, 0.29) is 25.0 Å². The third-order valence-corrected chi connectivity index (χ3v) is 10.3. The normalized spacial score (nSPS) is 18.4. The number of nitrogens with one attached hydrogen (secondary N) is 2. The van der Waals surface area contributed by atoms with Crippen LogP contribution in [0.15, 0.2) is 36.5 Å².